The molecule has 0 saturated heterocycles. The lowest BCUT2D eigenvalue weighted by atomic mass is 10.0. The van der Waals surface area contributed by atoms with Gasteiger partial charge in [-0.2, -0.15) is 0 Å². The van der Waals surface area contributed by atoms with Crippen LogP contribution in [0.3, 0.4) is 0 Å². The Kier molecular flexibility index (Phi) is 52.3. The summed E-state index contributed by atoms with van der Waals surface area (Å²) in [6, 6.07) is 0. The molecule has 0 aromatic carbocycles. The van der Waals surface area contributed by atoms with E-state index < -0.39 is 6.10 Å². The fraction of sp³-hybridized carbons (Fsp3) is 0.847. The van der Waals surface area contributed by atoms with Crippen molar-refractivity contribution < 1.29 is 28.6 Å². The number of carbonyl (C=O) groups is 3. The molecule has 0 heterocycles. The fourth-order valence-corrected chi connectivity index (χ4v) is 8.40. The molecule has 0 aliphatic heterocycles. The summed E-state index contributed by atoms with van der Waals surface area (Å²) in [7, 11) is 0. The maximum absolute atomic E-state index is 12.8. The molecule has 1 atom stereocenters. The Morgan fingerprint density at radius 3 is 0.938 bits per heavy atom. The van der Waals surface area contributed by atoms with Gasteiger partial charge >= 0.3 is 17.9 Å². The van der Waals surface area contributed by atoms with Crippen molar-refractivity contribution in [2.45, 2.75) is 309 Å². The van der Waals surface area contributed by atoms with Gasteiger partial charge in [-0.05, 0) is 51.4 Å². The lowest BCUT2D eigenvalue weighted by Crippen LogP contribution is -2.30. The maximum Gasteiger partial charge on any atom is 0.306 e. The van der Waals surface area contributed by atoms with Crippen LogP contribution in [-0.2, 0) is 28.6 Å². The molecule has 0 spiro atoms. The van der Waals surface area contributed by atoms with E-state index in [1.165, 1.54) is 173 Å². The van der Waals surface area contributed by atoms with Crippen molar-refractivity contribution in [1.29, 1.82) is 0 Å². The van der Waals surface area contributed by atoms with Crippen LogP contribution >= 0.6 is 0 Å². The van der Waals surface area contributed by atoms with Gasteiger partial charge in [-0.1, -0.05) is 269 Å². The van der Waals surface area contributed by atoms with Gasteiger partial charge in [-0.25, -0.2) is 0 Å². The normalized spacial score (nSPS) is 12.2. The summed E-state index contributed by atoms with van der Waals surface area (Å²) < 4.78 is 16.8. The summed E-state index contributed by atoms with van der Waals surface area (Å²) in [5.41, 5.74) is 0. The minimum absolute atomic E-state index is 0.0766. The fourth-order valence-electron chi connectivity index (χ4n) is 8.40. The van der Waals surface area contributed by atoms with Gasteiger partial charge in [-0.3, -0.25) is 14.4 Å². The van der Waals surface area contributed by atoms with E-state index in [0.717, 1.165) is 89.9 Å². The van der Waals surface area contributed by atoms with E-state index in [4.69, 9.17) is 14.2 Å². The quantitative estimate of drug-likeness (QED) is 0.0262. The summed E-state index contributed by atoms with van der Waals surface area (Å²) in [5.74, 6) is -0.881. The highest BCUT2D eigenvalue weighted by Gasteiger charge is 2.19. The smallest absolute Gasteiger partial charge is 0.306 e. The van der Waals surface area contributed by atoms with Crippen molar-refractivity contribution in [3.63, 3.8) is 0 Å². The van der Waals surface area contributed by atoms with Crippen LogP contribution in [-0.4, -0.2) is 37.2 Å². The van der Waals surface area contributed by atoms with Crippen LogP contribution in [0.15, 0.2) is 36.5 Å². The van der Waals surface area contributed by atoms with Crippen molar-refractivity contribution in [1.82, 2.24) is 0 Å². The Hall–Kier alpha value is -2.37. The molecule has 0 N–H and O–H groups in total. The first-order valence-corrected chi connectivity index (χ1v) is 28.5. The molecule has 380 valence electrons. The van der Waals surface area contributed by atoms with Crippen LogP contribution in [0.4, 0.5) is 0 Å². The number of hydrogen-bond donors (Lipinski definition) is 0. The van der Waals surface area contributed by atoms with E-state index in [-0.39, 0.29) is 31.1 Å². The lowest BCUT2D eigenvalue weighted by Gasteiger charge is -2.18. The number of rotatable bonds is 52. The van der Waals surface area contributed by atoms with Gasteiger partial charge in [0.1, 0.15) is 13.2 Å². The molecule has 6 nitrogen and oxygen atoms in total. The Morgan fingerprint density at radius 2 is 0.600 bits per heavy atom. The van der Waals surface area contributed by atoms with Crippen LogP contribution in [0.2, 0.25) is 0 Å². The molecule has 0 fully saturated rings. The highest BCUT2D eigenvalue weighted by atomic mass is 16.6. The van der Waals surface area contributed by atoms with Crippen molar-refractivity contribution >= 4 is 17.9 Å². The third-order valence-electron chi connectivity index (χ3n) is 12.7. The van der Waals surface area contributed by atoms with Gasteiger partial charge in [0.25, 0.3) is 0 Å². The third-order valence-corrected chi connectivity index (χ3v) is 12.7. The second-order valence-corrected chi connectivity index (χ2v) is 19.2. The molecule has 1 unspecified atom stereocenters. The molecule has 0 aromatic rings. The van der Waals surface area contributed by atoms with Crippen molar-refractivity contribution in [3.8, 4) is 0 Å². The van der Waals surface area contributed by atoms with Gasteiger partial charge in [0.15, 0.2) is 6.10 Å². The molecule has 0 saturated carbocycles. The highest BCUT2D eigenvalue weighted by Crippen LogP contribution is 2.17. The lowest BCUT2D eigenvalue weighted by molar-refractivity contribution is -0.167. The molecule has 0 aliphatic rings. The summed E-state index contributed by atoms with van der Waals surface area (Å²) in [6.45, 7) is 6.55. The second-order valence-electron chi connectivity index (χ2n) is 19.2. The number of esters is 3. The molecule has 0 amide bonds. The van der Waals surface area contributed by atoms with Gasteiger partial charge in [-0.15, -0.1) is 0 Å². The molecule has 0 aliphatic carbocycles. The molecule has 65 heavy (non-hydrogen) atoms. The van der Waals surface area contributed by atoms with Crippen molar-refractivity contribution in [3.05, 3.63) is 36.5 Å². The predicted molar refractivity (Wildman–Crippen MR) is 279 cm³/mol. The maximum atomic E-state index is 12.8. The minimum Gasteiger partial charge on any atom is -0.462 e. The third kappa shape index (κ3) is 52.5. The Morgan fingerprint density at radius 1 is 0.323 bits per heavy atom. The standard InChI is InChI=1S/C59H108O6/c1-4-7-10-13-16-19-22-25-28-29-30-31-32-35-37-40-43-46-49-52-58(61)64-55-56(65-59(62)53-50-47-44-41-38-34-27-24-21-18-15-12-9-6-3)54-63-57(60)51-48-45-42-39-36-33-26-23-20-17-14-11-8-5-2/h9,12,18,21,27,34,56H,4-8,10-11,13-17,19-20,22-26,28-33,35-55H2,1-3H3/b12-9-,21-18-,34-27-. The minimum atomic E-state index is -0.779. The van der Waals surface area contributed by atoms with Crippen LogP contribution < -0.4 is 0 Å². The van der Waals surface area contributed by atoms with Crippen LogP contribution in [0, 0.1) is 0 Å². The zero-order valence-corrected chi connectivity index (χ0v) is 43.5. The summed E-state index contributed by atoms with van der Waals surface area (Å²) in [6.07, 6.45) is 64.2. The first-order valence-electron chi connectivity index (χ1n) is 28.5. The van der Waals surface area contributed by atoms with E-state index >= 15 is 0 Å². The Bertz CT molecular complexity index is 1090. The van der Waals surface area contributed by atoms with Crippen molar-refractivity contribution in [2.24, 2.45) is 0 Å². The second kappa shape index (κ2) is 54.2. The van der Waals surface area contributed by atoms with E-state index in [9.17, 15) is 14.4 Å². The van der Waals surface area contributed by atoms with Gasteiger partial charge in [0.05, 0.1) is 0 Å². The van der Waals surface area contributed by atoms with Crippen LogP contribution in [0.5, 0.6) is 0 Å². The zero-order valence-electron chi connectivity index (χ0n) is 43.5. The van der Waals surface area contributed by atoms with Gasteiger partial charge < -0.3 is 14.2 Å². The molecular formula is C59H108O6. The summed E-state index contributed by atoms with van der Waals surface area (Å²) in [4.78, 5) is 38.1. The molecule has 0 aromatic heterocycles. The number of carbonyl (C=O) groups excluding carboxylic acids is 3. The van der Waals surface area contributed by atoms with Gasteiger partial charge in [0.2, 0.25) is 0 Å². The zero-order chi connectivity index (χ0) is 47.2. The Balaban J connectivity index is 4.32. The van der Waals surface area contributed by atoms with E-state index in [0.29, 0.717) is 19.3 Å². The van der Waals surface area contributed by atoms with Crippen LogP contribution in [0.25, 0.3) is 0 Å². The number of ether oxygens (including phenoxy) is 3. The summed E-state index contributed by atoms with van der Waals surface area (Å²) >= 11 is 0. The summed E-state index contributed by atoms with van der Waals surface area (Å²) in [5, 5.41) is 0. The number of unbranched alkanes of at least 4 members (excludes halogenated alkanes) is 35. The molecule has 0 bridgehead atoms. The first kappa shape index (κ1) is 62.6. The van der Waals surface area contributed by atoms with E-state index in [1.807, 2.05) is 0 Å². The highest BCUT2D eigenvalue weighted by molar-refractivity contribution is 5.71. The molecule has 0 radical (unpaired) electrons. The Labute approximate surface area is 404 Å². The first-order chi connectivity index (χ1) is 32.0. The van der Waals surface area contributed by atoms with E-state index in [1.54, 1.807) is 0 Å². The molecular weight excluding hydrogens is 805 g/mol. The van der Waals surface area contributed by atoms with Gasteiger partial charge in [0, 0.05) is 19.3 Å². The topological polar surface area (TPSA) is 78.9 Å². The van der Waals surface area contributed by atoms with Crippen molar-refractivity contribution in [2.75, 3.05) is 13.2 Å². The molecule has 6 heteroatoms. The average Bonchev–Trinajstić information content (AvgIpc) is 3.30. The monoisotopic (exact) mass is 913 g/mol. The number of allylic oxidation sites excluding steroid dienone is 6. The largest absolute Gasteiger partial charge is 0.462 e. The molecule has 0 rings (SSSR count). The predicted octanol–water partition coefficient (Wildman–Crippen LogP) is 18.9. The average molecular weight is 914 g/mol. The van der Waals surface area contributed by atoms with Crippen LogP contribution in [0.1, 0.15) is 303 Å². The van der Waals surface area contributed by atoms with E-state index in [2.05, 4.69) is 57.2 Å². The number of hydrogen-bond acceptors (Lipinski definition) is 6. The SMILES string of the molecule is CC/C=C\C/C=C\C/C=C\CCCCCCC(=O)OC(COC(=O)CCCCCCCCCCCCCCCC)COC(=O)CCCCCCCCCCCCCCCCCCCCC.